The molecular weight excluding hydrogens is 212 g/mol. The first-order valence-electron chi connectivity index (χ1n) is 5.51. The Morgan fingerprint density at radius 1 is 1.67 bits per heavy atom. The third-order valence-corrected chi connectivity index (χ3v) is 4.55. The van der Waals surface area contributed by atoms with Crippen molar-refractivity contribution in [3.63, 3.8) is 0 Å². The Labute approximate surface area is 94.6 Å². The maximum Gasteiger partial charge on any atom is 0.0817 e. The highest BCUT2D eigenvalue weighted by molar-refractivity contribution is 7.85. The second-order valence-corrected chi connectivity index (χ2v) is 6.09. The fourth-order valence-corrected chi connectivity index (χ4v) is 2.98. The van der Waals surface area contributed by atoms with Gasteiger partial charge in [0.1, 0.15) is 0 Å². The number of ether oxygens (including phenoxy) is 1. The highest BCUT2D eigenvalue weighted by Crippen LogP contribution is 2.08. The molecule has 3 atom stereocenters. The Balaban J connectivity index is 2.30. The summed E-state index contributed by atoms with van der Waals surface area (Å²) < 4.78 is 17.4. The van der Waals surface area contributed by atoms with E-state index in [1.165, 1.54) is 0 Å². The molecule has 15 heavy (non-hydrogen) atoms. The van der Waals surface area contributed by atoms with Gasteiger partial charge in [0.25, 0.3) is 0 Å². The van der Waals surface area contributed by atoms with Gasteiger partial charge in [-0.25, -0.2) is 0 Å². The predicted molar refractivity (Wildman–Crippen MR) is 63.4 cm³/mol. The third kappa shape index (κ3) is 4.59. The molecule has 1 heterocycles. The number of morpholine rings is 1. The molecule has 1 fully saturated rings. The normalized spacial score (nSPS) is 27.5. The topological polar surface area (TPSA) is 55.6 Å². The highest BCUT2D eigenvalue weighted by atomic mass is 32.2. The quantitative estimate of drug-likeness (QED) is 0.716. The van der Waals surface area contributed by atoms with Gasteiger partial charge in [-0.2, -0.15) is 0 Å². The summed E-state index contributed by atoms with van der Waals surface area (Å²) in [5.41, 5.74) is 5.45. The average Bonchev–Trinajstić information content (AvgIpc) is 2.18. The van der Waals surface area contributed by atoms with Crippen molar-refractivity contribution < 1.29 is 8.95 Å². The Morgan fingerprint density at radius 2 is 2.40 bits per heavy atom. The van der Waals surface area contributed by atoms with Crippen LogP contribution in [0.4, 0.5) is 0 Å². The standard InChI is InChI=1S/C10H22N2O2S/c1-9(3-4-11)15(13)8-10-7-12(2)5-6-14-10/h9-10H,3-8,11H2,1-2H3. The van der Waals surface area contributed by atoms with Gasteiger partial charge in [-0.05, 0) is 20.0 Å². The second kappa shape index (κ2) is 6.58. The van der Waals surface area contributed by atoms with E-state index in [0.717, 1.165) is 26.1 Å². The van der Waals surface area contributed by atoms with Gasteiger partial charge in [-0.3, -0.25) is 4.21 Å². The molecule has 5 heteroatoms. The van der Waals surface area contributed by atoms with Crippen molar-refractivity contribution in [3.8, 4) is 0 Å². The van der Waals surface area contributed by atoms with E-state index < -0.39 is 10.8 Å². The Kier molecular flexibility index (Phi) is 5.74. The van der Waals surface area contributed by atoms with Crippen LogP contribution in [0.5, 0.6) is 0 Å². The molecule has 1 rings (SSSR count). The zero-order valence-corrected chi connectivity index (χ0v) is 10.5. The molecule has 0 amide bonds. The van der Waals surface area contributed by atoms with Crippen LogP contribution >= 0.6 is 0 Å². The lowest BCUT2D eigenvalue weighted by molar-refractivity contribution is -0.00646. The zero-order valence-electron chi connectivity index (χ0n) is 9.65. The van der Waals surface area contributed by atoms with Crippen molar-refractivity contribution in [2.75, 3.05) is 39.0 Å². The van der Waals surface area contributed by atoms with Crippen LogP contribution in [-0.4, -0.2) is 59.5 Å². The summed E-state index contributed by atoms with van der Waals surface area (Å²) in [5, 5.41) is 0.186. The minimum absolute atomic E-state index is 0.129. The van der Waals surface area contributed by atoms with Gasteiger partial charge in [0.2, 0.25) is 0 Å². The van der Waals surface area contributed by atoms with E-state index in [1.807, 2.05) is 6.92 Å². The van der Waals surface area contributed by atoms with Gasteiger partial charge in [0.05, 0.1) is 18.5 Å². The number of rotatable bonds is 5. The number of hydrogen-bond acceptors (Lipinski definition) is 4. The molecule has 0 aromatic rings. The molecule has 3 unspecified atom stereocenters. The van der Waals surface area contributed by atoms with E-state index >= 15 is 0 Å². The molecule has 2 N–H and O–H groups in total. The minimum atomic E-state index is -0.809. The summed E-state index contributed by atoms with van der Waals surface area (Å²) in [6.07, 6.45) is 0.958. The van der Waals surface area contributed by atoms with Crippen molar-refractivity contribution in [3.05, 3.63) is 0 Å². The predicted octanol–water partition coefficient (Wildman–Crippen LogP) is -0.197. The fourth-order valence-electron chi connectivity index (χ4n) is 1.68. The van der Waals surface area contributed by atoms with Crippen molar-refractivity contribution in [2.24, 2.45) is 5.73 Å². The van der Waals surface area contributed by atoms with Crippen LogP contribution in [0.25, 0.3) is 0 Å². The summed E-state index contributed by atoms with van der Waals surface area (Å²) >= 11 is 0. The zero-order chi connectivity index (χ0) is 11.3. The van der Waals surface area contributed by atoms with Gasteiger partial charge in [-0.1, -0.05) is 6.92 Å². The van der Waals surface area contributed by atoms with E-state index in [-0.39, 0.29) is 11.4 Å². The summed E-state index contributed by atoms with van der Waals surface area (Å²) in [6.45, 7) is 5.22. The SMILES string of the molecule is CC(CCN)S(=O)CC1CN(C)CCO1. The first-order valence-corrected chi connectivity index (χ1v) is 6.89. The maximum absolute atomic E-state index is 11.9. The molecule has 0 spiro atoms. The highest BCUT2D eigenvalue weighted by Gasteiger charge is 2.22. The molecule has 1 saturated heterocycles. The van der Waals surface area contributed by atoms with Crippen LogP contribution in [0.2, 0.25) is 0 Å². The Bertz CT molecular complexity index is 214. The molecule has 4 nitrogen and oxygen atoms in total. The van der Waals surface area contributed by atoms with Crippen molar-refractivity contribution in [1.29, 1.82) is 0 Å². The van der Waals surface area contributed by atoms with Crippen molar-refractivity contribution >= 4 is 10.8 Å². The smallest absolute Gasteiger partial charge is 0.0817 e. The Morgan fingerprint density at radius 3 is 3.00 bits per heavy atom. The summed E-state index contributed by atoms with van der Waals surface area (Å²) in [5.74, 6) is 0.644. The van der Waals surface area contributed by atoms with Crippen LogP contribution in [0, 0.1) is 0 Å². The molecular formula is C10H22N2O2S. The van der Waals surface area contributed by atoms with Gasteiger partial charge in [0, 0.05) is 29.1 Å². The first-order chi connectivity index (χ1) is 7.13. The Hall–Kier alpha value is 0.0300. The number of likely N-dealkylation sites (N-methyl/N-ethyl adjacent to an activating group) is 1. The second-order valence-electron chi connectivity index (χ2n) is 4.19. The van der Waals surface area contributed by atoms with Crippen molar-refractivity contribution in [2.45, 2.75) is 24.7 Å². The molecule has 0 aromatic carbocycles. The third-order valence-electron chi connectivity index (χ3n) is 2.71. The van der Waals surface area contributed by atoms with Gasteiger partial charge >= 0.3 is 0 Å². The fraction of sp³-hybridized carbons (Fsp3) is 1.00. The van der Waals surface area contributed by atoms with E-state index in [2.05, 4.69) is 11.9 Å². The van der Waals surface area contributed by atoms with E-state index in [9.17, 15) is 4.21 Å². The molecule has 1 aliphatic heterocycles. The molecule has 0 aromatic heterocycles. The number of nitrogens with two attached hydrogens (primary N) is 1. The monoisotopic (exact) mass is 234 g/mol. The largest absolute Gasteiger partial charge is 0.375 e. The molecule has 0 saturated carbocycles. The summed E-state index contributed by atoms with van der Waals surface area (Å²) in [6, 6.07) is 0. The van der Waals surface area contributed by atoms with Crippen LogP contribution in [0.3, 0.4) is 0 Å². The first kappa shape index (κ1) is 13.1. The van der Waals surface area contributed by atoms with E-state index in [4.69, 9.17) is 10.5 Å². The molecule has 0 radical (unpaired) electrons. The van der Waals surface area contributed by atoms with E-state index in [0.29, 0.717) is 12.3 Å². The minimum Gasteiger partial charge on any atom is -0.375 e. The number of nitrogens with zero attached hydrogens (tertiary/aromatic N) is 1. The van der Waals surface area contributed by atoms with Crippen LogP contribution < -0.4 is 5.73 Å². The molecule has 1 aliphatic rings. The molecule has 0 aliphatic carbocycles. The summed E-state index contributed by atoms with van der Waals surface area (Å²) in [7, 11) is 1.26. The summed E-state index contributed by atoms with van der Waals surface area (Å²) in [4.78, 5) is 2.22. The van der Waals surface area contributed by atoms with Crippen molar-refractivity contribution in [1.82, 2.24) is 4.90 Å². The lowest BCUT2D eigenvalue weighted by atomic mass is 10.3. The van der Waals surface area contributed by atoms with Crippen LogP contribution in [0.1, 0.15) is 13.3 Å². The molecule has 0 bridgehead atoms. The van der Waals surface area contributed by atoms with Crippen LogP contribution in [0.15, 0.2) is 0 Å². The maximum atomic E-state index is 11.9. The average molecular weight is 234 g/mol. The van der Waals surface area contributed by atoms with Gasteiger partial charge in [-0.15, -0.1) is 0 Å². The lowest BCUT2D eigenvalue weighted by Gasteiger charge is -2.30. The van der Waals surface area contributed by atoms with Gasteiger partial charge < -0.3 is 15.4 Å². The lowest BCUT2D eigenvalue weighted by Crippen LogP contribution is -2.43. The number of hydrogen-bond donors (Lipinski definition) is 1. The van der Waals surface area contributed by atoms with Gasteiger partial charge in [0.15, 0.2) is 0 Å². The molecule has 90 valence electrons. The van der Waals surface area contributed by atoms with E-state index in [1.54, 1.807) is 0 Å². The van der Waals surface area contributed by atoms with Crippen LogP contribution in [-0.2, 0) is 15.5 Å².